The SMILES string of the molecule is CC1NCCC1C(=O)NC(C)(C)C(C)(C)O. The normalized spacial score (nSPS) is 26.9. The summed E-state index contributed by atoms with van der Waals surface area (Å²) in [7, 11) is 0. The molecule has 0 saturated carbocycles. The zero-order valence-electron chi connectivity index (χ0n) is 10.9. The van der Waals surface area contributed by atoms with Gasteiger partial charge in [0.2, 0.25) is 5.91 Å². The van der Waals surface area contributed by atoms with Crippen LogP contribution in [0.2, 0.25) is 0 Å². The lowest BCUT2D eigenvalue weighted by Gasteiger charge is -2.39. The standard InChI is InChI=1S/C12H24N2O2/c1-8-9(6-7-13-8)10(15)14-11(2,3)12(4,5)16/h8-9,13,16H,6-7H2,1-5H3,(H,14,15). The van der Waals surface area contributed by atoms with Gasteiger partial charge in [-0.05, 0) is 47.6 Å². The Morgan fingerprint density at radius 1 is 1.38 bits per heavy atom. The molecule has 0 aliphatic carbocycles. The molecule has 2 unspecified atom stereocenters. The molecule has 0 radical (unpaired) electrons. The van der Waals surface area contributed by atoms with Crippen LogP contribution in [-0.4, -0.2) is 34.7 Å². The average Bonchev–Trinajstić information content (AvgIpc) is 2.48. The summed E-state index contributed by atoms with van der Waals surface area (Å²) < 4.78 is 0. The molecule has 0 aromatic rings. The van der Waals surface area contributed by atoms with E-state index < -0.39 is 11.1 Å². The summed E-state index contributed by atoms with van der Waals surface area (Å²) in [6.07, 6.45) is 0.870. The van der Waals surface area contributed by atoms with E-state index in [1.165, 1.54) is 0 Å². The zero-order valence-corrected chi connectivity index (χ0v) is 10.9. The number of amides is 1. The number of hydrogen-bond donors (Lipinski definition) is 3. The Morgan fingerprint density at radius 2 is 1.94 bits per heavy atom. The maximum absolute atomic E-state index is 12.1. The number of carbonyl (C=O) groups is 1. The van der Waals surface area contributed by atoms with Crippen LogP contribution in [-0.2, 0) is 4.79 Å². The third kappa shape index (κ3) is 2.74. The largest absolute Gasteiger partial charge is 0.388 e. The lowest BCUT2D eigenvalue weighted by Crippen LogP contribution is -2.59. The van der Waals surface area contributed by atoms with Crippen molar-refractivity contribution < 1.29 is 9.90 Å². The van der Waals surface area contributed by atoms with E-state index >= 15 is 0 Å². The van der Waals surface area contributed by atoms with Gasteiger partial charge < -0.3 is 15.7 Å². The van der Waals surface area contributed by atoms with Crippen molar-refractivity contribution in [1.82, 2.24) is 10.6 Å². The minimum atomic E-state index is -0.933. The van der Waals surface area contributed by atoms with Crippen molar-refractivity contribution in [2.24, 2.45) is 5.92 Å². The lowest BCUT2D eigenvalue weighted by molar-refractivity contribution is -0.130. The van der Waals surface area contributed by atoms with Crippen LogP contribution in [0, 0.1) is 5.92 Å². The van der Waals surface area contributed by atoms with Crippen LogP contribution < -0.4 is 10.6 Å². The van der Waals surface area contributed by atoms with Gasteiger partial charge in [0.15, 0.2) is 0 Å². The van der Waals surface area contributed by atoms with Crippen LogP contribution in [0.15, 0.2) is 0 Å². The maximum Gasteiger partial charge on any atom is 0.225 e. The molecule has 4 nitrogen and oxygen atoms in total. The minimum Gasteiger partial charge on any atom is -0.388 e. The van der Waals surface area contributed by atoms with E-state index in [-0.39, 0.29) is 17.9 Å². The summed E-state index contributed by atoms with van der Waals surface area (Å²) in [6, 6.07) is 0.220. The van der Waals surface area contributed by atoms with Crippen LogP contribution in [0.4, 0.5) is 0 Å². The van der Waals surface area contributed by atoms with Crippen molar-refractivity contribution in [2.75, 3.05) is 6.54 Å². The Kier molecular flexibility index (Phi) is 3.65. The van der Waals surface area contributed by atoms with Gasteiger partial charge in [-0.2, -0.15) is 0 Å². The topological polar surface area (TPSA) is 61.4 Å². The summed E-state index contributed by atoms with van der Waals surface area (Å²) >= 11 is 0. The van der Waals surface area contributed by atoms with Gasteiger partial charge in [0.05, 0.1) is 17.1 Å². The van der Waals surface area contributed by atoms with Gasteiger partial charge in [0, 0.05) is 6.04 Å². The van der Waals surface area contributed by atoms with Gasteiger partial charge in [-0.25, -0.2) is 0 Å². The number of aliphatic hydroxyl groups is 1. The highest BCUT2D eigenvalue weighted by Crippen LogP contribution is 2.23. The van der Waals surface area contributed by atoms with E-state index in [9.17, 15) is 9.90 Å². The molecule has 0 aromatic carbocycles. The second-order valence-corrected chi connectivity index (χ2v) is 5.81. The molecule has 1 rings (SSSR count). The molecule has 1 fully saturated rings. The molecule has 1 saturated heterocycles. The fraction of sp³-hybridized carbons (Fsp3) is 0.917. The Labute approximate surface area is 97.8 Å². The molecular weight excluding hydrogens is 204 g/mol. The number of nitrogens with one attached hydrogen (secondary N) is 2. The van der Waals surface area contributed by atoms with E-state index in [4.69, 9.17) is 0 Å². The molecule has 1 aliphatic rings. The summed E-state index contributed by atoms with van der Waals surface area (Å²) in [5.41, 5.74) is -1.55. The van der Waals surface area contributed by atoms with E-state index in [1.807, 2.05) is 20.8 Å². The van der Waals surface area contributed by atoms with Gasteiger partial charge in [0.25, 0.3) is 0 Å². The van der Waals surface area contributed by atoms with Crippen molar-refractivity contribution in [3.63, 3.8) is 0 Å². The van der Waals surface area contributed by atoms with Crippen molar-refractivity contribution >= 4 is 5.91 Å². The number of rotatable bonds is 3. The van der Waals surface area contributed by atoms with E-state index in [2.05, 4.69) is 10.6 Å². The predicted molar refractivity (Wildman–Crippen MR) is 64.1 cm³/mol. The molecule has 1 aliphatic heterocycles. The fourth-order valence-electron chi connectivity index (χ4n) is 1.77. The summed E-state index contributed by atoms with van der Waals surface area (Å²) in [5.74, 6) is 0.0475. The highest BCUT2D eigenvalue weighted by molar-refractivity contribution is 5.80. The highest BCUT2D eigenvalue weighted by Gasteiger charge is 2.39. The van der Waals surface area contributed by atoms with Gasteiger partial charge in [-0.1, -0.05) is 0 Å². The average molecular weight is 228 g/mol. The molecule has 3 N–H and O–H groups in total. The molecule has 94 valence electrons. The minimum absolute atomic E-state index is 0.0154. The Bertz CT molecular complexity index is 269. The van der Waals surface area contributed by atoms with Crippen LogP contribution >= 0.6 is 0 Å². The molecule has 0 aromatic heterocycles. The van der Waals surface area contributed by atoms with Gasteiger partial charge >= 0.3 is 0 Å². The summed E-state index contributed by atoms with van der Waals surface area (Å²) in [5, 5.41) is 16.2. The Morgan fingerprint density at radius 3 is 2.31 bits per heavy atom. The number of carbonyl (C=O) groups excluding carboxylic acids is 1. The first-order valence-corrected chi connectivity index (χ1v) is 5.93. The van der Waals surface area contributed by atoms with E-state index in [0.717, 1.165) is 13.0 Å². The monoisotopic (exact) mass is 228 g/mol. The molecule has 0 spiro atoms. The van der Waals surface area contributed by atoms with Crippen LogP contribution in [0.5, 0.6) is 0 Å². The first-order valence-electron chi connectivity index (χ1n) is 5.93. The Balaban J connectivity index is 2.64. The van der Waals surface area contributed by atoms with Crippen molar-refractivity contribution in [3.05, 3.63) is 0 Å². The first kappa shape index (κ1) is 13.5. The van der Waals surface area contributed by atoms with Crippen LogP contribution in [0.25, 0.3) is 0 Å². The third-order valence-electron chi connectivity index (χ3n) is 3.83. The molecule has 16 heavy (non-hydrogen) atoms. The molecule has 1 amide bonds. The Hall–Kier alpha value is -0.610. The van der Waals surface area contributed by atoms with Crippen molar-refractivity contribution in [3.8, 4) is 0 Å². The number of hydrogen-bond acceptors (Lipinski definition) is 3. The highest BCUT2D eigenvalue weighted by atomic mass is 16.3. The smallest absolute Gasteiger partial charge is 0.225 e. The quantitative estimate of drug-likeness (QED) is 0.664. The second kappa shape index (κ2) is 4.34. The van der Waals surface area contributed by atoms with Gasteiger partial charge in [-0.3, -0.25) is 4.79 Å². The predicted octanol–water partition coefficient (Wildman–Crippen LogP) is 0.650. The van der Waals surface area contributed by atoms with Crippen molar-refractivity contribution in [2.45, 2.75) is 58.2 Å². The molecular formula is C12H24N2O2. The molecule has 4 heteroatoms. The summed E-state index contributed by atoms with van der Waals surface area (Å²) in [6.45, 7) is 10.0. The van der Waals surface area contributed by atoms with Gasteiger partial charge in [-0.15, -0.1) is 0 Å². The third-order valence-corrected chi connectivity index (χ3v) is 3.83. The second-order valence-electron chi connectivity index (χ2n) is 5.81. The maximum atomic E-state index is 12.1. The zero-order chi connectivity index (χ0) is 12.6. The summed E-state index contributed by atoms with van der Waals surface area (Å²) in [4.78, 5) is 12.1. The van der Waals surface area contributed by atoms with E-state index in [1.54, 1.807) is 13.8 Å². The van der Waals surface area contributed by atoms with Gasteiger partial charge in [0.1, 0.15) is 0 Å². The van der Waals surface area contributed by atoms with E-state index in [0.29, 0.717) is 0 Å². The fourth-order valence-corrected chi connectivity index (χ4v) is 1.77. The lowest BCUT2D eigenvalue weighted by atomic mass is 9.85. The van der Waals surface area contributed by atoms with Crippen LogP contribution in [0.1, 0.15) is 41.0 Å². The molecule has 2 atom stereocenters. The molecule has 1 heterocycles. The first-order chi connectivity index (χ1) is 7.15. The van der Waals surface area contributed by atoms with Crippen LogP contribution in [0.3, 0.4) is 0 Å². The molecule has 0 bridgehead atoms. The van der Waals surface area contributed by atoms with Crippen molar-refractivity contribution in [1.29, 1.82) is 0 Å².